The minimum Gasteiger partial charge on any atom is -0.482 e. The maximum Gasteiger partial charge on any atom is 0.305 e. The van der Waals surface area contributed by atoms with Crippen LogP contribution in [0, 0.1) is 0 Å². The lowest BCUT2D eigenvalue weighted by Crippen LogP contribution is -2.33. The van der Waals surface area contributed by atoms with Crippen LogP contribution in [0.2, 0.25) is 10.0 Å². The minimum atomic E-state index is -0.957. The molecule has 1 aromatic rings. The second kappa shape index (κ2) is 7.21. The Kier molecular flexibility index (Phi) is 5.92. The number of hydrogen-bond donors (Lipinski definition) is 1. The number of halogens is 2. The molecule has 0 aliphatic heterocycles. The molecule has 0 saturated heterocycles. The van der Waals surface area contributed by atoms with E-state index in [0.717, 1.165) is 0 Å². The molecule has 0 radical (unpaired) electrons. The highest BCUT2D eigenvalue weighted by Crippen LogP contribution is 2.27. The van der Waals surface area contributed by atoms with Crippen molar-refractivity contribution < 1.29 is 19.4 Å². The highest BCUT2D eigenvalue weighted by molar-refractivity contribution is 6.35. The van der Waals surface area contributed by atoms with Crippen molar-refractivity contribution in [2.45, 2.75) is 6.42 Å². The van der Waals surface area contributed by atoms with Crippen LogP contribution in [0.5, 0.6) is 5.75 Å². The average Bonchev–Trinajstić information content (AvgIpc) is 2.34. The van der Waals surface area contributed by atoms with Crippen LogP contribution in [0.4, 0.5) is 0 Å². The number of likely N-dealkylation sites (N-methyl/N-ethyl adjacent to an activating group) is 1. The van der Waals surface area contributed by atoms with Gasteiger partial charge in [-0.15, -0.1) is 0 Å². The van der Waals surface area contributed by atoms with Crippen LogP contribution in [0.25, 0.3) is 0 Å². The van der Waals surface area contributed by atoms with Gasteiger partial charge in [-0.05, 0) is 18.2 Å². The Balaban J connectivity index is 2.47. The van der Waals surface area contributed by atoms with Gasteiger partial charge in [-0.2, -0.15) is 0 Å². The Labute approximate surface area is 120 Å². The summed E-state index contributed by atoms with van der Waals surface area (Å²) in [5.74, 6) is -0.931. The molecule has 0 saturated carbocycles. The molecule has 7 heteroatoms. The third-order valence-corrected chi connectivity index (χ3v) is 2.86. The quantitative estimate of drug-likeness (QED) is 0.876. The van der Waals surface area contributed by atoms with Gasteiger partial charge in [0.2, 0.25) is 0 Å². The van der Waals surface area contributed by atoms with Gasteiger partial charge in [-0.1, -0.05) is 23.2 Å². The lowest BCUT2D eigenvalue weighted by atomic mass is 10.3. The molecule has 0 atom stereocenters. The second-order valence-electron chi connectivity index (χ2n) is 3.82. The maximum atomic E-state index is 11.6. The molecular weight excluding hydrogens is 293 g/mol. The number of carbonyl (C=O) groups excluding carboxylic acids is 1. The molecule has 0 heterocycles. The summed E-state index contributed by atoms with van der Waals surface area (Å²) in [5.41, 5.74) is 0. The number of hydrogen-bond acceptors (Lipinski definition) is 3. The van der Waals surface area contributed by atoms with Crippen molar-refractivity contribution in [3.05, 3.63) is 28.2 Å². The highest BCUT2D eigenvalue weighted by Gasteiger charge is 2.12. The van der Waals surface area contributed by atoms with Gasteiger partial charge >= 0.3 is 5.97 Å². The molecule has 1 rings (SSSR count). The highest BCUT2D eigenvalue weighted by atomic mass is 35.5. The van der Waals surface area contributed by atoms with E-state index in [1.165, 1.54) is 18.0 Å². The molecule has 0 unspecified atom stereocenters. The molecule has 104 valence electrons. The number of nitrogens with zero attached hydrogens (tertiary/aromatic N) is 1. The molecule has 0 aliphatic rings. The standard InChI is InChI=1S/C12H13Cl2NO4/c1-15(5-4-12(17)18)11(16)7-19-10-3-2-8(13)6-9(10)14/h2-3,6H,4-5,7H2,1H3,(H,17,18). The maximum absolute atomic E-state index is 11.6. The van der Waals surface area contributed by atoms with Crippen LogP contribution in [-0.2, 0) is 9.59 Å². The first-order valence-corrected chi connectivity index (χ1v) is 6.19. The Morgan fingerprint density at radius 2 is 2.05 bits per heavy atom. The fourth-order valence-electron chi connectivity index (χ4n) is 1.23. The van der Waals surface area contributed by atoms with Crippen LogP contribution in [0.15, 0.2) is 18.2 Å². The summed E-state index contributed by atoms with van der Waals surface area (Å²) in [6.07, 6.45) is -0.107. The van der Waals surface area contributed by atoms with Gasteiger partial charge in [0, 0.05) is 18.6 Å². The van der Waals surface area contributed by atoms with E-state index in [4.69, 9.17) is 33.0 Å². The SMILES string of the molecule is CN(CCC(=O)O)C(=O)COc1ccc(Cl)cc1Cl. The van der Waals surface area contributed by atoms with Crippen molar-refractivity contribution in [3.63, 3.8) is 0 Å². The zero-order valence-electron chi connectivity index (χ0n) is 10.2. The molecule has 0 bridgehead atoms. The van der Waals surface area contributed by atoms with E-state index in [0.29, 0.717) is 15.8 Å². The van der Waals surface area contributed by atoms with Gasteiger partial charge < -0.3 is 14.7 Å². The van der Waals surface area contributed by atoms with E-state index < -0.39 is 5.97 Å². The first-order chi connectivity index (χ1) is 8.90. The monoisotopic (exact) mass is 305 g/mol. The fourth-order valence-corrected chi connectivity index (χ4v) is 1.69. The van der Waals surface area contributed by atoms with E-state index in [-0.39, 0.29) is 25.5 Å². The van der Waals surface area contributed by atoms with E-state index in [2.05, 4.69) is 0 Å². The lowest BCUT2D eigenvalue weighted by Gasteiger charge is -2.16. The molecule has 1 amide bonds. The van der Waals surface area contributed by atoms with Gasteiger partial charge in [0.15, 0.2) is 6.61 Å². The van der Waals surface area contributed by atoms with Crippen LogP contribution in [-0.4, -0.2) is 42.1 Å². The number of aliphatic carboxylic acids is 1. The largest absolute Gasteiger partial charge is 0.482 e. The molecule has 0 fully saturated rings. The number of carboxylic acid groups (broad SMARTS) is 1. The van der Waals surface area contributed by atoms with Gasteiger partial charge in [-0.25, -0.2) is 0 Å². The number of benzene rings is 1. The summed E-state index contributed by atoms with van der Waals surface area (Å²) in [4.78, 5) is 23.3. The molecule has 19 heavy (non-hydrogen) atoms. The second-order valence-corrected chi connectivity index (χ2v) is 4.67. The Morgan fingerprint density at radius 3 is 2.63 bits per heavy atom. The van der Waals surface area contributed by atoms with Crippen molar-refractivity contribution in [1.29, 1.82) is 0 Å². The third kappa shape index (κ3) is 5.36. The van der Waals surface area contributed by atoms with Gasteiger partial charge in [0.1, 0.15) is 5.75 Å². The lowest BCUT2D eigenvalue weighted by molar-refractivity contribution is -0.138. The molecule has 1 aromatic carbocycles. The van der Waals surface area contributed by atoms with Crippen molar-refractivity contribution in [1.82, 2.24) is 4.90 Å². The van der Waals surface area contributed by atoms with Gasteiger partial charge in [0.05, 0.1) is 11.4 Å². The zero-order chi connectivity index (χ0) is 14.4. The van der Waals surface area contributed by atoms with Crippen LogP contribution in [0.3, 0.4) is 0 Å². The summed E-state index contributed by atoms with van der Waals surface area (Å²) in [5, 5.41) is 9.30. The molecule has 1 N–H and O–H groups in total. The fraction of sp³-hybridized carbons (Fsp3) is 0.333. The smallest absolute Gasteiger partial charge is 0.305 e. The average molecular weight is 306 g/mol. The normalized spacial score (nSPS) is 10.1. The van der Waals surface area contributed by atoms with Crippen molar-refractivity contribution in [2.24, 2.45) is 0 Å². The molecule has 0 aliphatic carbocycles. The number of rotatable bonds is 6. The van der Waals surface area contributed by atoms with Gasteiger partial charge in [-0.3, -0.25) is 9.59 Å². The van der Waals surface area contributed by atoms with Crippen molar-refractivity contribution >= 4 is 35.1 Å². The Hall–Kier alpha value is -1.46. The molecule has 0 spiro atoms. The third-order valence-electron chi connectivity index (χ3n) is 2.33. The van der Waals surface area contributed by atoms with E-state index in [9.17, 15) is 9.59 Å². The van der Waals surface area contributed by atoms with Crippen molar-refractivity contribution in [3.8, 4) is 5.75 Å². The predicted octanol–water partition coefficient (Wildman–Crippen LogP) is 2.31. The summed E-state index contributed by atoms with van der Waals surface area (Å²) in [7, 11) is 1.51. The van der Waals surface area contributed by atoms with E-state index in [1.807, 2.05) is 0 Å². The van der Waals surface area contributed by atoms with E-state index in [1.54, 1.807) is 12.1 Å². The molecule has 5 nitrogen and oxygen atoms in total. The van der Waals surface area contributed by atoms with Crippen molar-refractivity contribution in [2.75, 3.05) is 20.2 Å². The van der Waals surface area contributed by atoms with Crippen LogP contribution >= 0.6 is 23.2 Å². The summed E-state index contributed by atoms with van der Waals surface area (Å²) < 4.78 is 5.25. The number of ether oxygens (including phenoxy) is 1. The first kappa shape index (κ1) is 15.6. The summed E-state index contributed by atoms with van der Waals surface area (Å²) in [6, 6.07) is 4.67. The minimum absolute atomic E-state index is 0.107. The Morgan fingerprint density at radius 1 is 1.37 bits per heavy atom. The molecule has 0 aromatic heterocycles. The number of carbonyl (C=O) groups is 2. The topological polar surface area (TPSA) is 66.8 Å². The summed E-state index contributed by atoms with van der Waals surface area (Å²) >= 11 is 11.6. The van der Waals surface area contributed by atoms with Crippen LogP contribution < -0.4 is 4.74 Å². The number of amides is 1. The first-order valence-electron chi connectivity index (χ1n) is 5.43. The zero-order valence-corrected chi connectivity index (χ0v) is 11.7. The predicted molar refractivity (Wildman–Crippen MR) is 71.8 cm³/mol. The molecular formula is C12H13Cl2NO4. The Bertz CT molecular complexity index is 479. The number of carboxylic acids is 1. The van der Waals surface area contributed by atoms with Gasteiger partial charge in [0.25, 0.3) is 5.91 Å². The summed E-state index contributed by atoms with van der Waals surface area (Å²) in [6.45, 7) is -0.0800. The van der Waals surface area contributed by atoms with Crippen LogP contribution in [0.1, 0.15) is 6.42 Å². The van der Waals surface area contributed by atoms with E-state index >= 15 is 0 Å².